The summed E-state index contributed by atoms with van der Waals surface area (Å²) in [6.45, 7) is 14.1. The number of nitrogens with one attached hydrogen (secondary N) is 2. The van der Waals surface area contributed by atoms with Gasteiger partial charge >= 0.3 is 0 Å². The van der Waals surface area contributed by atoms with E-state index >= 15 is 0 Å². The van der Waals surface area contributed by atoms with Crippen LogP contribution in [-0.2, 0) is 20.8 Å². The Kier molecular flexibility index (Phi) is 20.9. The predicted octanol–water partition coefficient (Wildman–Crippen LogP) is 4.03. The van der Waals surface area contributed by atoms with E-state index in [1.807, 2.05) is 26.8 Å². The van der Waals surface area contributed by atoms with Gasteiger partial charge in [-0.3, -0.25) is 14.4 Å². The molecule has 7 nitrogen and oxygen atoms in total. The summed E-state index contributed by atoms with van der Waals surface area (Å²) in [5, 5.41) is 13.2. The van der Waals surface area contributed by atoms with E-state index in [-0.39, 0.29) is 23.9 Å². The minimum absolute atomic E-state index is 0.0381. The Labute approximate surface area is 200 Å². The van der Waals surface area contributed by atoms with Gasteiger partial charge in [0.15, 0.2) is 0 Å². The number of allylic oxidation sites excluding steroid dienone is 1. The van der Waals surface area contributed by atoms with Crippen LogP contribution in [0.4, 0.5) is 0 Å². The van der Waals surface area contributed by atoms with Crippen LogP contribution in [-0.4, -0.2) is 60.0 Å². The molecule has 0 bridgehead atoms. The van der Waals surface area contributed by atoms with Gasteiger partial charge < -0.3 is 20.6 Å². The largest absolute Gasteiger partial charge is 0.481 e. The summed E-state index contributed by atoms with van der Waals surface area (Å²) in [6.07, 6.45) is 6.56. The molecular formula is C26H45N3O4. The molecule has 0 aromatic heterocycles. The van der Waals surface area contributed by atoms with E-state index in [0.29, 0.717) is 0 Å². The van der Waals surface area contributed by atoms with Crippen LogP contribution in [0.25, 0.3) is 0 Å². The Morgan fingerprint density at radius 3 is 2.12 bits per heavy atom. The van der Waals surface area contributed by atoms with Gasteiger partial charge in [-0.05, 0) is 51.1 Å². The van der Waals surface area contributed by atoms with Gasteiger partial charge in [-0.25, -0.2) is 0 Å². The highest BCUT2D eigenvalue weighted by Gasteiger charge is 2.37. The van der Waals surface area contributed by atoms with E-state index < -0.39 is 5.97 Å². The van der Waals surface area contributed by atoms with Gasteiger partial charge in [0.25, 0.3) is 5.97 Å². The monoisotopic (exact) mass is 463 g/mol. The molecule has 2 unspecified atom stereocenters. The molecule has 7 heteroatoms. The summed E-state index contributed by atoms with van der Waals surface area (Å²) in [7, 11) is 1.62. The molecule has 0 spiro atoms. The van der Waals surface area contributed by atoms with Gasteiger partial charge in [0, 0.05) is 20.5 Å². The molecular weight excluding hydrogens is 418 g/mol. The third-order valence-corrected chi connectivity index (χ3v) is 4.69. The number of likely N-dealkylation sites (N-methyl/N-ethyl adjacent to an activating group) is 1. The molecule has 2 aliphatic rings. The fraction of sp³-hybridized carbons (Fsp3) is 0.577. The normalized spacial score (nSPS) is 17.8. The number of aliphatic carboxylic acids is 1. The van der Waals surface area contributed by atoms with E-state index in [2.05, 4.69) is 48.4 Å². The zero-order chi connectivity index (χ0) is 25.6. The fourth-order valence-corrected chi connectivity index (χ4v) is 3.28. The number of amides is 2. The minimum Gasteiger partial charge on any atom is -0.481 e. The van der Waals surface area contributed by atoms with E-state index in [4.69, 9.17) is 9.90 Å². The van der Waals surface area contributed by atoms with Crippen molar-refractivity contribution < 1.29 is 19.5 Å². The molecule has 2 saturated heterocycles. The number of benzene rings is 1. The third-order valence-electron chi connectivity index (χ3n) is 4.69. The summed E-state index contributed by atoms with van der Waals surface area (Å²) in [5.41, 5.74) is 1.41. The molecule has 0 saturated carbocycles. The summed E-state index contributed by atoms with van der Waals surface area (Å²) >= 11 is 0. The summed E-state index contributed by atoms with van der Waals surface area (Å²) in [5.74, 6) is -0.771. The number of carbonyl (C=O) groups is 3. The van der Waals surface area contributed by atoms with Crippen LogP contribution in [0.15, 0.2) is 43.0 Å². The van der Waals surface area contributed by atoms with Crippen molar-refractivity contribution in [1.82, 2.24) is 15.5 Å². The molecule has 2 aliphatic heterocycles. The number of carbonyl (C=O) groups excluding carboxylic acids is 2. The first-order chi connectivity index (χ1) is 15.8. The molecule has 0 radical (unpaired) electrons. The van der Waals surface area contributed by atoms with E-state index in [0.717, 1.165) is 52.1 Å². The average Bonchev–Trinajstić information content (AvgIpc) is 3.53. The van der Waals surface area contributed by atoms with Gasteiger partial charge in [0.2, 0.25) is 11.8 Å². The van der Waals surface area contributed by atoms with Crippen molar-refractivity contribution in [3.8, 4) is 0 Å². The van der Waals surface area contributed by atoms with Crippen molar-refractivity contribution in [2.24, 2.45) is 0 Å². The van der Waals surface area contributed by atoms with Crippen LogP contribution >= 0.6 is 0 Å². The van der Waals surface area contributed by atoms with E-state index in [1.54, 1.807) is 18.0 Å². The lowest BCUT2D eigenvalue weighted by Gasteiger charge is -2.26. The second-order valence-corrected chi connectivity index (χ2v) is 7.22. The van der Waals surface area contributed by atoms with Crippen LogP contribution < -0.4 is 10.6 Å². The highest BCUT2D eigenvalue weighted by atomic mass is 16.4. The Balaban J connectivity index is 0. The molecule has 3 rings (SSSR count). The third kappa shape index (κ3) is 14.9. The quantitative estimate of drug-likeness (QED) is 0.588. The van der Waals surface area contributed by atoms with E-state index in [1.165, 1.54) is 5.56 Å². The standard InChI is InChI=1S/C11H19N3O2.C8H10.C3H6.C2H4O2.C2H6/c1-12-10(15)9-5-3-7-14(9)11(16)8-4-2-6-13-8;1-2-8-6-4-3-5-7-8;1-3-2;1-2(3)4;1-2/h8-9,13H,2-7H2,1H3,(H,12,15);3-7H,2H2,1H3;3H,1H2,2H3;1H3,(H,3,4);1-2H3. The van der Waals surface area contributed by atoms with Gasteiger partial charge in [0.1, 0.15) is 6.04 Å². The molecule has 2 atom stereocenters. The molecule has 188 valence electrons. The SMILES string of the molecule is C=CC.CC.CC(=O)O.CCc1ccccc1.CNC(=O)C1CCCN1C(=O)C1CCCN1. The van der Waals surface area contributed by atoms with Gasteiger partial charge in [-0.2, -0.15) is 0 Å². The molecule has 0 aliphatic carbocycles. The second kappa shape index (κ2) is 21.2. The van der Waals surface area contributed by atoms with Crippen LogP contribution in [0.5, 0.6) is 0 Å². The molecule has 2 amide bonds. The second-order valence-electron chi connectivity index (χ2n) is 7.22. The van der Waals surface area contributed by atoms with Crippen molar-refractivity contribution in [1.29, 1.82) is 0 Å². The van der Waals surface area contributed by atoms with Crippen LogP contribution in [0.3, 0.4) is 0 Å². The Morgan fingerprint density at radius 2 is 1.73 bits per heavy atom. The molecule has 1 aromatic carbocycles. The lowest BCUT2D eigenvalue weighted by atomic mass is 10.1. The molecule has 1 aromatic rings. The maximum atomic E-state index is 12.2. The summed E-state index contributed by atoms with van der Waals surface area (Å²) < 4.78 is 0. The van der Waals surface area contributed by atoms with Crippen molar-refractivity contribution in [3.05, 3.63) is 48.6 Å². The van der Waals surface area contributed by atoms with Crippen LogP contribution in [0.1, 0.15) is 65.9 Å². The lowest BCUT2D eigenvalue weighted by molar-refractivity contribution is -0.139. The zero-order valence-corrected chi connectivity index (χ0v) is 21.4. The number of likely N-dealkylation sites (tertiary alicyclic amines) is 1. The first-order valence-corrected chi connectivity index (χ1v) is 11.9. The predicted molar refractivity (Wildman–Crippen MR) is 136 cm³/mol. The van der Waals surface area contributed by atoms with Gasteiger partial charge in [-0.1, -0.05) is 57.2 Å². The van der Waals surface area contributed by atoms with Gasteiger partial charge in [0.05, 0.1) is 6.04 Å². The van der Waals surface area contributed by atoms with Gasteiger partial charge in [-0.15, -0.1) is 6.58 Å². The van der Waals surface area contributed by atoms with Crippen molar-refractivity contribution in [2.75, 3.05) is 20.1 Å². The number of carboxylic acids is 1. The fourth-order valence-electron chi connectivity index (χ4n) is 3.28. The molecule has 2 heterocycles. The Bertz CT molecular complexity index is 655. The summed E-state index contributed by atoms with van der Waals surface area (Å²) in [6, 6.07) is 10.1. The van der Waals surface area contributed by atoms with Crippen LogP contribution in [0.2, 0.25) is 0 Å². The topological polar surface area (TPSA) is 98.7 Å². The molecule has 33 heavy (non-hydrogen) atoms. The number of rotatable bonds is 3. The van der Waals surface area contributed by atoms with Crippen molar-refractivity contribution in [2.45, 2.75) is 78.8 Å². The smallest absolute Gasteiger partial charge is 0.300 e. The number of nitrogens with zero attached hydrogens (tertiary/aromatic N) is 1. The zero-order valence-electron chi connectivity index (χ0n) is 21.4. The molecule has 2 fully saturated rings. The molecule has 3 N–H and O–H groups in total. The highest BCUT2D eigenvalue weighted by molar-refractivity contribution is 5.90. The summed E-state index contributed by atoms with van der Waals surface area (Å²) in [4.78, 5) is 34.5. The average molecular weight is 464 g/mol. The van der Waals surface area contributed by atoms with E-state index in [9.17, 15) is 9.59 Å². The maximum absolute atomic E-state index is 12.2. The number of hydrogen-bond acceptors (Lipinski definition) is 4. The number of carboxylic acid groups (broad SMARTS) is 1. The lowest BCUT2D eigenvalue weighted by Crippen LogP contribution is -2.50. The Morgan fingerprint density at radius 1 is 1.18 bits per heavy atom. The minimum atomic E-state index is -0.833. The Hall–Kier alpha value is -2.67. The van der Waals surface area contributed by atoms with Crippen LogP contribution in [0, 0.1) is 0 Å². The number of aryl methyl sites for hydroxylation is 1. The first kappa shape index (κ1) is 32.5. The first-order valence-electron chi connectivity index (χ1n) is 11.9. The number of hydrogen-bond donors (Lipinski definition) is 3. The van der Waals surface area contributed by atoms with Crippen molar-refractivity contribution in [3.63, 3.8) is 0 Å². The van der Waals surface area contributed by atoms with Crippen molar-refractivity contribution >= 4 is 17.8 Å². The maximum Gasteiger partial charge on any atom is 0.300 e. The highest BCUT2D eigenvalue weighted by Crippen LogP contribution is 2.20.